The number of benzene rings is 1. The molecule has 1 aliphatic carbocycles. The second-order valence-electron chi connectivity index (χ2n) is 9.95. The number of likely N-dealkylation sites (N-methyl/N-ethyl adjacent to an activating group) is 2. The molecule has 2 aromatic rings. The van der Waals surface area contributed by atoms with Crippen LogP contribution >= 0.6 is 24.4 Å². The van der Waals surface area contributed by atoms with Crippen molar-refractivity contribution in [2.24, 2.45) is 0 Å². The topological polar surface area (TPSA) is 87.8 Å². The van der Waals surface area contributed by atoms with Gasteiger partial charge in [-0.1, -0.05) is 54.6 Å². The lowest BCUT2D eigenvalue weighted by Gasteiger charge is -2.35. The molecule has 8 nitrogen and oxygen atoms in total. The predicted octanol–water partition coefficient (Wildman–Crippen LogP) is 5.79. The van der Waals surface area contributed by atoms with Crippen molar-refractivity contribution in [2.45, 2.75) is 53.6 Å². The van der Waals surface area contributed by atoms with E-state index in [-0.39, 0.29) is 39.5 Å². The molecule has 2 aliphatic rings. The molecule has 2 amide bonds. The summed E-state index contributed by atoms with van der Waals surface area (Å²) in [5, 5.41) is 11.0. The van der Waals surface area contributed by atoms with Crippen molar-refractivity contribution in [1.29, 1.82) is 0 Å². The minimum absolute atomic E-state index is 0.0825. The summed E-state index contributed by atoms with van der Waals surface area (Å²) >= 11 is 10.7. The Bertz CT molecular complexity index is 1700. The minimum atomic E-state index is -0.389. The highest BCUT2D eigenvalue weighted by Crippen LogP contribution is 2.39. The van der Waals surface area contributed by atoms with E-state index in [9.17, 15) is 19.5 Å². The van der Waals surface area contributed by atoms with Crippen molar-refractivity contribution in [3.8, 4) is 5.88 Å². The minimum Gasteiger partial charge on any atom is -0.494 e. The van der Waals surface area contributed by atoms with Crippen molar-refractivity contribution in [2.75, 3.05) is 13.1 Å². The Hall–Kier alpha value is -4.15. The first-order chi connectivity index (χ1) is 20.7. The van der Waals surface area contributed by atoms with Gasteiger partial charge in [0.25, 0.3) is 17.4 Å². The van der Waals surface area contributed by atoms with Crippen LogP contribution in [-0.4, -0.2) is 54.1 Å². The first-order valence-corrected chi connectivity index (χ1v) is 15.3. The number of allylic oxidation sites excluding steroid dienone is 8. The number of aromatic nitrogens is 2. The third kappa shape index (κ3) is 6.16. The fourth-order valence-electron chi connectivity index (χ4n) is 5.38. The van der Waals surface area contributed by atoms with E-state index in [1.807, 2.05) is 70.2 Å². The number of amides is 2. The summed E-state index contributed by atoms with van der Waals surface area (Å²) < 4.78 is 3.32. The molecule has 10 heteroatoms. The molecule has 1 saturated heterocycles. The molecular weight excluding hydrogens is 581 g/mol. The Labute approximate surface area is 262 Å². The fourth-order valence-corrected chi connectivity index (χ4v) is 6.23. The van der Waals surface area contributed by atoms with Crippen LogP contribution in [0.2, 0.25) is 0 Å². The molecule has 0 radical (unpaired) electrons. The number of rotatable bonds is 9. The lowest BCUT2D eigenvalue weighted by molar-refractivity contribution is -0.133. The molecule has 1 aromatic heterocycles. The fraction of sp³-hybridized carbons (Fsp3) is 0.303. The van der Waals surface area contributed by atoms with Gasteiger partial charge in [-0.25, -0.2) is 0 Å². The first kappa shape index (κ1) is 31.8. The highest BCUT2D eigenvalue weighted by Gasteiger charge is 2.37. The average Bonchev–Trinajstić information content (AvgIpc) is 3.40. The summed E-state index contributed by atoms with van der Waals surface area (Å²) in [6.45, 7) is 8.98. The van der Waals surface area contributed by atoms with Gasteiger partial charge in [-0.2, -0.15) is 0 Å². The number of hydrogen-bond acceptors (Lipinski definition) is 6. The summed E-state index contributed by atoms with van der Waals surface area (Å²) in [6.07, 6.45) is 12.2. The van der Waals surface area contributed by atoms with Crippen LogP contribution in [0.1, 0.15) is 51.7 Å². The lowest BCUT2D eigenvalue weighted by Crippen LogP contribution is -2.55. The lowest BCUT2D eigenvalue weighted by atomic mass is 9.97. The Morgan fingerprint density at radius 1 is 0.791 bits per heavy atom. The van der Waals surface area contributed by atoms with Crippen LogP contribution in [0.3, 0.4) is 0 Å². The Morgan fingerprint density at radius 3 is 1.98 bits per heavy atom. The van der Waals surface area contributed by atoms with E-state index < -0.39 is 0 Å². The number of thiocarbonyl (C=S) groups is 1. The van der Waals surface area contributed by atoms with Crippen LogP contribution in [0.15, 0.2) is 82.2 Å². The molecule has 2 heterocycles. The van der Waals surface area contributed by atoms with Crippen LogP contribution in [0, 0.1) is 4.77 Å². The number of aromatic hydroxyl groups is 1. The van der Waals surface area contributed by atoms with E-state index in [0.29, 0.717) is 31.0 Å². The monoisotopic (exact) mass is 616 g/mol. The molecule has 224 valence electrons. The molecular formula is C33H36N4O4S2. The molecule has 0 bridgehead atoms. The van der Waals surface area contributed by atoms with E-state index in [1.54, 1.807) is 28.9 Å². The van der Waals surface area contributed by atoms with Gasteiger partial charge in [-0.3, -0.25) is 33.3 Å². The van der Waals surface area contributed by atoms with E-state index in [0.717, 1.165) is 35.1 Å². The summed E-state index contributed by atoms with van der Waals surface area (Å²) in [6, 6.07) is 9.98. The molecule has 43 heavy (non-hydrogen) atoms. The quantitative estimate of drug-likeness (QED) is 0.218. The van der Waals surface area contributed by atoms with E-state index in [2.05, 4.69) is 0 Å². The van der Waals surface area contributed by atoms with Crippen molar-refractivity contribution >= 4 is 53.0 Å². The zero-order valence-electron chi connectivity index (χ0n) is 24.9. The Balaban J connectivity index is 1.73. The predicted molar refractivity (Wildman–Crippen MR) is 177 cm³/mol. The third-order valence-corrected chi connectivity index (χ3v) is 8.48. The van der Waals surface area contributed by atoms with Crippen LogP contribution in [-0.2, 0) is 22.7 Å². The normalized spacial score (nSPS) is 17.1. The second-order valence-corrected chi connectivity index (χ2v) is 10.7. The molecule has 0 spiro atoms. The molecule has 0 atom stereocenters. The SMILES string of the molecule is CCN1C(=O)C(=C/C=C/C2=C(c3ccccc3)C(=C/C=C/c3c(O)n(CC)c(=S)n(CC)c3=O)/CC2)C(=O)N(CC)C1=S. The summed E-state index contributed by atoms with van der Waals surface area (Å²) in [7, 11) is 0. The number of nitrogens with zero attached hydrogens (tertiary/aromatic N) is 4. The summed E-state index contributed by atoms with van der Waals surface area (Å²) in [5.74, 6) is -0.921. The van der Waals surface area contributed by atoms with Gasteiger partial charge < -0.3 is 5.11 Å². The molecule has 1 aromatic carbocycles. The maximum atomic E-state index is 13.0. The summed E-state index contributed by atoms with van der Waals surface area (Å²) in [4.78, 5) is 41.9. The highest BCUT2D eigenvalue weighted by molar-refractivity contribution is 7.80. The molecule has 4 rings (SSSR count). The van der Waals surface area contributed by atoms with Gasteiger partial charge in [0.1, 0.15) is 11.1 Å². The van der Waals surface area contributed by atoms with Gasteiger partial charge in [0.15, 0.2) is 9.88 Å². The van der Waals surface area contributed by atoms with Gasteiger partial charge >= 0.3 is 0 Å². The van der Waals surface area contributed by atoms with Crippen molar-refractivity contribution in [3.05, 3.63) is 104 Å². The van der Waals surface area contributed by atoms with Gasteiger partial charge in [0.05, 0.1) is 0 Å². The molecule has 1 N–H and O–H groups in total. The van der Waals surface area contributed by atoms with Gasteiger partial charge in [0, 0.05) is 26.2 Å². The van der Waals surface area contributed by atoms with Crippen LogP contribution in [0.25, 0.3) is 11.6 Å². The molecule has 1 aliphatic heterocycles. The van der Waals surface area contributed by atoms with E-state index in [4.69, 9.17) is 24.4 Å². The largest absolute Gasteiger partial charge is 0.494 e. The molecule has 1 fully saturated rings. The highest BCUT2D eigenvalue weighted by atomic mass is 32.1. The zero-order valence-corrected chi connectivity index (χ0v) is 26.5. The number of carbonyl (C=O) groups excluding carboxylic acids is 2. The van der Waals surface area contributed by atoms with Crippen LogP contribution < -0.4 is 5.56 Å². The van der Waals surface area contributed by atoms with E-state index in [1.165, 1.54) is 14.4 Å². The maximum Gasteiger partial charge on any atom is 0.265 e. The maximum absolute atomic E-state index is 13.0. The second kappa shape index (κ2) is 13.9. The smallest absolute Gasteiger partial charge is 0.265 e. The van der Waals surface area contributed by atoms with E-state index >= 15 is 0 Å². The van der Waals surface area contributed by atoms with Crippen molar-refractivity contribution in [1.82, 2.24) is 18.9 Å². The number of carbonyl (C=O) groups is 2. The molecule has 0 unspecified atom stereocenters. The van der Waals surface area contributed by atoms with Crippen LogP contribution in [0.5, 0.6) is 5.88 Å². The summed E-state index contributed by atoms with van der Waals surface area (Å²) in [5.41, 5.74) is 4.15. The van der Waals surface area contributed by atoms with Gasteiger partial charge in [-0.15, -0.1) is 0 Å². The van der Waals surface area contributed by atoms with Gasteiger partial charge in [-0.05, 0) is 99.4 Å². The average molecular weight is 617 g/mol. The Morgan fingerprint density at radius 2 is 1.40 bits per heavy atom. The van der Waals surface area contributed by atoms with Gasteiger partial charge in [0.2, 0.25) is 5.88 Å². The zero-order chi connectivity index (χ0) is 31.3. The first-order valence-electron chi connectivity index (χ1n) is 14.5. The van der Waals surface area contributed by atoms with Crippen molar-refractivity contribution in [3.63, 3.8) is 0 Å². The van der Waals surface area contributed by atoms with Crippen molar-refractivity contribution < 1.29 is 14.7 Å². The third-order valence-electron chi connectivity index (χ3n) is 7.60. The standard InChI is InChI=1S/C33H36N4O4S2/c1-5-34-28(38)25(29(39)35(6-2)32(34)42)18-12-16-23-20-21-24(27(23)22-14-10-9-11-15-22)17-13-19-26-30(40)36(7-3)33(43)37(8-4)31(26)41/h9-19,38H,5-8,20-21H2,1-4H3/b17-13+,18-12+,23-16+. The molecule has 0 saturated carbocycles. The van der Waals surface area contributed by atoms with Crippen LogP contribution in [0.4, 0.5) is 0 Å². The Kier molecular flexibility index (Phi) is 10.3. The number of hydrogen-bond donors (Lipinski definition) is 1.